The van der Waals surface area contributed by atoms with Crippen LogP contribution in [-0.2, 0) is 6.42 Å². The molecule has 1 atom stereocenters. The van der Waals surface area contributed by atoms with E-state index in [0.717, 1.165) is 12.1 Å². The van der Waals surface area contributed by atoms with Crippen molar-refractivity contribution in [1.29, 1.82) is 0 Å². The lowest BCUT2D eigenvalue weighted by Crippen LogP contribution is -2.41. The van der Waals surface area contributed by atoms with Gasteiger partial charge in [-0.1, -0.05) is 49.2 Å². The number of urea groups is 1. The molecule has 1 aliphatic rings. The summed E-state index contributed by atoms with van der Waals surface area (Å²) in [4.78, 5) is 16.6. The summed E-state index contributed by atoms with van der Waals surface area (Å²) < 4.78 is 0. The molecular weight excluding hydrogens is 298 g/mol. The Morgan fingerprint density at radius 2 is 1.83 bits per heavy atom. The van der Waals surface area contributed by atoms with Gasteiger partial charge in [0.1, 0.15) is 0 Å². The van der Waals surface area contributed by atoms with Crippen LogP contribution in [0.3, 0.4) is 0 Å². The van der Waals surface area contributed by atoms with Crippen molar-refractivity contribution in [3.63, 3.8) is 0 Å². The largest absolute Gasteiger partial charge is 0.338 e. The molecular formula is C20H25N3O. The van der Waals surface area contributed by atoms with Gasteiger partial charge in [-0.05, 0) is 36.5 Å². The summed E-state index contributed by atoms with van der Waals surface area (Å²) >= 11 is 0. The average molecular weight is 323 g/mol. The minimum atomic E-state index is -0.0910. The lowest BCUT2D eigenvalue weighted by Gasteiger charge is -2.25. The Balaban J connectivity index is 1.55. The Labute approximate surface area is 143 Å². The summed E-state index contributed by atoms with van der Waals surface area (Å²) in [6.45, 7) is 0.592. The smallest absolute Gasteiger partial charge is 0.315 e. The maximum absolute atomic E-state index is 12.3. The van der Waals surface area contributed by atoms with E-state index in [1.165, 1.54) is 31.2 Å². The molecule has 1 aliphatic carbocycles. The van der Waals surface area contributed by atoms with Gasteiger partial charge < -0.3 is 10.6 Å². The van der Waals surface area contributed by atoms with E-state index in [-0.39, 0.29) is 12.1 Å². The van der Waals surface area contributed by atoms with E-state index in [0.29, 0.717) is 12.5 Å². The Morgan fingerprint density at radius 1 is 1.08 bits per heavy atom. The first-order valence-corrected chi connectivity index (χ1v) is 8.82. The molecule has 24 heavy (non-hydrogen) atoms. The van der Waals surface area contributed by atoms with E-state index in [4.69, 9.17) is 0 Å². The normalized spacial score (nSPS) is 15.8. The number of benzene rings is 1. The van der Waals surface area contributed by atoms with Gasteiger partial charge in [0.05, 0.1) is 6.04 Å². The van der Waals surface area contributed by atoms with Crippen molar-refractivity contribution in [3.8, 4) is 0 Å². The second-order valence-electron chi connectivity index (χ2n) is 6.40. The summed E-state index contributed by atoms with van der Waals surface area (Å²) in [5.41, 5.74) is 2.19. The molecule has 0 spiro atoms. The van der Waals surface area contributed by atoms with Crippen LogP contribution in [0.2, 0.25) is 0 Å². The summed E-state index contributed by atoms with van der Waals surface area (Å²) in [7, 11) is 0. The number of carbonyl (C=O) groups is 1. The minimum Gasteiger partial charge on any atom is -0.338 e. The number of carbonyl (C=O) groups excluding carboxylic acids is 1. The fourth-order valence-corrected chi connectivity index (χ4v) is 3.47. The zero-order chi connectivity index (χ0) is 16.6. The van der Waals surface area contributed by atoms with Crippen LogP contribution in [-0.4, -0.2) is 17.6 Å². The molecule has 2 amide bonds. The Hall–Kier alpha value is -2.36. The van der Waals surface area contributed by atoms with E-state index < -0.39 is 0 Å². The molecule has 4 nitrogen and oxygen atoms in total. The zero-order valence-corrected chi connectivity index (χ0v) is 13.9. The highest BCUT2D eigenvalue weighted by molar-refractivity contribution is 5.74. The van der Waals surface area contributed by atoms with Crippen LogP contribution in [0.1, 0.15) is 43.0 Å². The first-order valence-electron chi connectivity index (χ1n) is 8.82. The van der Waals surface area contributed by atoms with Crippen LogP contribution in [0.15, 0.2) is 54.7 Å². The quantitative estimate of drug-likeness (QED) is 0.848. The van der Waals surface area contributed by atoms with E-state index in [2.05, 4.69) is 27.8 Å². The van der Waals surface area contributed by atoms with Gasteiger partial charge in [-0.3, -0.25) is 4.98 Å². The predicted octanol–water partition coefficient (Wildman–Crippen LogP) is 3.85. The van der Waals surface area contributed by atoms with Crippen molar-refractivity contribution in [2.75, 3.05) is 6.54 Å². The Kier molecular flexibility index (Phi) is 5.83. The van der Waals surface area contributed by atoms with Crippen LogP contribution >= 0.6 is 0 Å². The van der Waals surface area contributed by atoms with Gasteiger partial charge in [-0.15, -0.1) is 0 Å². The standard InChI is InChI=1S/C20H25N3O/c24-20(22-15-13-18-12-6-7-14-21-18)23-19(17-10-4-5-11-17)16-8-2-1-3-9-16/h1-3,6-9,12,14,17,19H,4-5,10-11,13,15H2,(H2,22,23,24). The van der Waals surface area contributed by atoms with Crippen molar-refractivity contribution in [3.05, 3.63) is 66.0 Å². The molecule has 0 bridgehead atoms. The fraction of sp³-hybridized carbons (Fsp3) is 0.400. The molecule has 4 heteroatoms. The van der Waals surface area contributed by atoms with Crippen molar-refractivity contribution in [1.82, 2.24) is 15.6 Å². The fourth-order valence-electron chi connectivity index (χ4n) is 3.47. The SMILES string of the molecule is O=C(NCCc1ccccn1)NC(c1ccccc1)C1CCCC1. The minimum absolute atomic E-state index is 0.0910. The first-order chi connectivity index (χ1) is 11.8. The van der Waals surface area contributed by atoms with E-state index in [9.17, 15) is 4.79 Å². The number of amides is 2. The molecule has 1 unspecified atom stereocenters. The summed E-state index contributed by atoms with van der Waals surface area (Å²) in [5.74, 6) is 0.536. The van der Waals surface area contributed by atoms with Gasteiger partial charge in [0.25, 0.3) is 0 Å². The molecule has 1 saturated carbocycles. The van der Waals surface area contributed by atoms with Crippen molar-refractivity contribution in [2.24, 2.45) is 5.92 Å². The number of hydrogen-bond donors (Lipinski definition) is 2. The lowest BCUT2D eigenvalue weighted by atomic mass is 9.92. The molecule has 0 aliphatic heterocycles. The van der Waals surface area contributed by atoms with Gasteiger partial charge in [0.15, 0.2) is 0 Å². The van der Waals surface area contributed by atoms with Crippen LogP contribution in [0.25, 0.3) is 0 Å². The van der Waals surface area contributed by atoms with Gasteiger partial charge in [-0.2, -0.15) is 0 Å². The summed E-state index contributed by atoms with van der Waals surface area (Å²) in [6, 6.07) is 16.2. The highest BCUT2D eigenvalue weighted by atomic mass is 16.2. The molecule has 1 fully saturated rings. The number of hydrogen-bond acceptors (Lipinski definition) is 2. The van der Waals surface area contributed by atoms with Crippen LogP contribution in [0.5, 0.6) is 0 Å². The predicted molar refractivity (Wildman–Crippen MR) is 95.6 cm³/mol. The molecule has 2 aromatic rings. The van der Waals surface area contributed by atoms with E-state index in [1.807, 2.05) is 36.4 Å². The molecule has 1 aromatic carbocycles. The van der Waals surface area contributed by atoms with Gasteiger partial charge in [0, 0.05) is 24.9 Å². The topological polar surface area (TPSA) is 54.0 Å². The van der Waals surface area contributed by atoms with Crippen molar-refractivity contribution >= 4 is 6.03 Å². The first kappa shape index (κ1) is 16.5. The molecule has 1 heterocycles. The van der Waals surface area contributed by atoms with E-state index in [1.54, 1.807) is 6.20 Å². The monoisotopic (exact) mass is 323 g/mol. The molecule has 3 rings (SSSR count). The second-order valence-corrected chi connectivity index (χ2v) is 6.40. The van der Waals surface area contributed by atoms with E-state index >= 15 is 0 Å². The van der Waals surface area contributed by atoms with Gasteiger partial charge >= 0.3 is 6.03 Å². The number of pyridine rings is 1. The van der Waals surface area contributed by atoms with Gasteiger partial charge in [0.2, 0.25) is 0 Å². The third kappa shape index (κ3) is 4.57. The third-order valence-corrected chi connectivity index (χ3v) is 4.71. The summed E-state index contributed by atoms with van der Waals surface area (Å²) in [6.07, 6.45) is 7.42. The molecule has 2 N–H and O–H groups in total. The highest BCUT2D eigenvalue weighted by Gasteiger charge is 2.27. The second kappa shape index (κ2) is 8.48. The van der Waals surface area contributed by atoms with Crippen LogP contribution < -0.4 is 10.6 Å². The molecule has 1 aromatic heterocycles. The maximum Gasteiger partial charge on any atom is 0.315 e. The molecule has 0 saturated heterocycles. The van der Waals surface area contributed by atoms with Crippen molar-refractivity contribution in [2.45, 2.75) is 38.1 Å². The van der Waals surface area contributed by atoms with Crippen LogP contribution in [0.4, 0.5) is 4.79 Å². The number of rotatable bonds is 6. The highest BCUT2D eigenvalue weighted by Crippen LogP contribution is 2.35. The number of nitrogens with one attached hydrogen (secondary N) is 2. The Morgan fingerprint density at radius 3 is 2.54 bits per heavy atom. The zero-order valence-electron chi connectivity index (χ0n) is 13.9. The van der Waals surface area contributed by atoms with Crippen molar-refractivity contribution < 1.29 is 4.79 Å². The number of aromatic nitrogens is 1. The molecule has 0 radical (unpaired) electrons. The third-order valence-electron chi connectivity index (χ3n) is 4.71. The summed E-state index contributed by atoms with van der Waals surface area (Å²) in [5, 5.41) is 6.16. The lowest BCUT2D eigenvalue weighted by molar-refractivity contribution is 0.231. The Bertz CT molecular complexity index is 624. The molecule has 126 valence electrons. The number of nitrogens with zero attached hydrogens (tertiary/aromatic N) is 1. The van der Waals surface area contributed by atoms with Crippen LogP contribution in [0, 0.1) is 5.92 Å². The maximum atomic E-state index is 12.3. The average Bonchev–Trinajstić information content (AvgIpc) is 3.16. The van der Waals surface area contributed by atoms with Gasteiger partial charge in [-0.25, -0.2) is 4.79 Å².